The fourth-order valence-corrected chi connectivity index (χ4v) is 1.37. The van der Waals surface area contributed by atoms with E-state index in [1.807, 2.05) is 50.3 Å². The van der Waals surface area contributed by atoms with Crippen LogP contribution >= 0.6 is 0 Å². The van der Waals surface area contributed by atoms with E-state index < -0.39 is 0 Å². The van der Waals surface area contributed by atoms with Crippen LogP contribution in [0.25, 0.3) is 6.08 Å². The van der Waals surface area contributed by atoms with Gasteiger partial charge < -0.3 is 4.90 Å². The molecule has 15 heavy (non-hydrogen) atoms. The highest BCUT2D eigenvalue weighted by molar-refractivity contribution is 5.91. The predicted octanol–water partition coefficient (Wildman–Crippen LogP) is 2.57. The van der Waals surface area contributed by atoms with Gasteiger partial charge in [-0.15, -0.1) is 0 Å². The zero-order chi connectivity index (χ0) is 11.1. The molecule has 2 nitrogen and oxygen atoms in total. The maximum atomic E-state index is 11.6. The van der Waals surface area contributed by atoms with Crippen LogP contribution in [0.4, 0.5) is 0 Å². The number of benzene rings is 1. The van der Waals surface area contributed by atoms with E-state index in [0.29, 0.717) is 0 Å². The number of rotatable bonds is 4. The molecule has 0 bridgehead atoms. The van der Waals surface area contributed by atoms with Crippen molar-refractivity contribution < 1.29 is 4.79 Å². The Labute approximate surface area is 91.2 Å². The van der Waals surface area contributed by atoms with Gasteiger partial charge in [0.1, 0.15) is 0 Å². The number of carbonyl (C=O) groups is 1. The second-order valence-corrected chi connectivity index (χ2v) is 3.25. The van der Waals surface area contributed by atoms with Gasteiger partial charge in [-0.25, -0.2) is 0 Å². The minimum Gasteiger partial charge on any atom is -0.340 e. The molecule has 0 spiro atoms. The molecule has 1 amide bonds. The van der Waals surface area contributed by atoms with Crippen molar-refractivity contribution in [2.45, 2.75) is 13.8 Å². The molecule has 80 valence electrons. The van der Waals surface area contributed by atoms with E-state index in [4.69, 9.17) is 0 Å². The lowest BCUT2D eigenvalue weighted by Gasteiger charge is -2.15. The summed E-state index contributed by atoms with van der Waals surface area (Å²) in [5, 5.41) is 0. The van der Waals surface area contributed by atoms with E-state index in [-0.39, 0.29) is 5.91 Å². The molecule has 1 aromatic carbocycles. The highest BCUT2D eigenvalue weighted by Crippen LogP contribution is 2.01. The van der Waals surface area contributed by atoms with E-state index in [9.17, 15) is 4.79 Å². The fraction of sp³-hybridized carbons (Fsp3) is 0.308. The topological polar surface area (TPSA) is 20.3 Å². The molecule has 0 aromatic heterocycles. The number of hydrogen-bond acceptors (Lipinski definition) is 1. The van der Waals surface area contributed by atoms with Gasteiger partial charge >= 0.3 is 0 Å². The van der Waals surface area contributed by atoms with Crippen molar-refractivity contribution in [2.75, 3.05) is 13.1 Å². The van der Waals surface area contributed by atoms with Gasteiger partial charge in [0.2, 0.25) is 5.91 Å². The van der Waals surface area contributed by atoms with Crippen molar-refractivity contribution in [3.8, 4) is 0 Å². The van der Waals surface area contributed by atoms with Crippen molar-refractivity contribution in [3.05, 3.63) is 42.0 Å². The molecule has 0 aliphatic heterocycles. The van der Waals surface area contributed by atoms with E-state index in [1.54, 1.807) is 11.0 Å². The summed E-state index contributed by atoms with van der Waals surface area (Å²) in [5.74, 6) is 0.0730. The zero-order valence-corrected chi connectivity index (χ0v) is 9.31. The fourth-order valence-electron chi connectivity index (χ4n) is 1.37. The standard InChI is InChI=1S/C13H17NO/c1-3-14(4-2)13(15)11-10-12-8-6-5-7-9-12/h5-11H,3-4H2,1-2H3/b11-10-. The lowest BCUT2D eigenvalue weighted by Crippen LogP contribution is -2.28. The summed E-state index contributed by atoms with van der Waals surface area (Å²) < 4.78 is 0. The highest BCUT2D eigenvalue weighted by Gasteiger charge is 2.03. The summed E-state index contributed by atoms with van der Waals surface area (Å²) in [6.07, 6.45) is 3.48. The van der Waals surface area contributed by atoms with Crippen molar-refractivity contribution in [2.24, 2.45) is 0 Å². The second-order valence-electron chi connectivity index (χ2n) is 3.25. The van der Waals surface area contributed by atoms with E-state index in [1.165, 1.54) is 0 Å². The third kappa shape index (κ3) is 3.58. The SMILES string of the molecule is CCN(CC)C(=O)/C=C\c1ccccc1. The predicted molar refractivity (Wildman–Crippen MR) is 63.4 cm³/mol. The van der Waals surface area contributed by atoms with Gasteiger partial charge in [0.25, 0.3) is 0 Å². The molecule has 0 atom stereocenters. The van der Waals surface area contributed by atoms with Gasteiger partial charge in [-0.3, -0.25) is 4.79 Å². The van der Waals surface area contributed by atoms with Crippen LogP contribution in [0.1, 0.15) is 19.4 Å². The lowest BCUT2D eigenvalue weighted by molar-refractivity contribution is -0.125. The molecule has 0 N–H and O–H groups in total. The molecular formula is C13H17NO. The quantitative estimate of drug-likeness (QED) is 0.689. The highest BCUT2D eigenvalue weighted by atomic mass is 16.2. The smallest absolute Gasteiger partial charge is 0.246 e. The largest absolute Gasteiger partial charge is 0.340 e. The first-order valence-corrected chi connectivity index (χ1v) is 5.30. The molecule has 1 aromatic rings. The van der Waals surface area contributed by atoms with Gasteiger partial charge in [-0.05, 0) is 25.5 Å². The molecule has 0 aliphatic rings. The Kier molecular flexibility index (Phi) is 4.61. The number of likely N-dealkylation sites (N-methyl/N-ethyl adjacent to an activating group) is 1. The minimum atomic E-state index is 0.0730. The summed E-state index contributed by atoms with van der Waals surface area (Å²) >= 11 is 0. The number of hydrogen-bond donors (Lipinski definition) is 0. The van der Waals surface area contributed by atoms with Gasteiger partial charge in [-0.2, -0.15) is 0 Å². The molecule has 2 heteroatoms. The number of nitrogens with zero attached hydrogens (tertiary/aromatic N) is 1. The Morgan fingerprint density at radius 1 is 1.20 bits per heavy atom. The summed E-state index contributed by atoms with van der Waals surface area (Å²) in [4.78, 5) is 13.4. The summed E-state index contributed by atoms with van der Waals surface area (Å²) in [5.41, 5.74) is 1.05. The van der Waals surface area contributed by atoms with Crippen LogP contribution in [-0.4, -0.2) is 23.9 Å². The van der Waals surface area contributed by atoms with Crippen LogP contribution in [0.15, 0.2) is 36.4 Å². The lowest BCUT2D eigenvalue weighted by atomic mass is 10.2. The van der Waals surface area contributed by atoms with Crippen LogP contribution in [0, 0.1) is 0 Å². The molecule has 0 saturated heterocycles. The Morgan fingerprint density at radius 2 is 1.80 bits per heavy atom. The first kappa shape index (κ1) is 11.5. The van der Waals surface area contributed by atoms with E-state index in [2.05, 4.69) is 0 Å². The van der Waals surface area contributed by atoms with E-state index in [0.717, 1.165) is 18.7 Å². The van der Waals surface area contributed by atoms with Crippen LogP contribution in [0.5, 0.6) is 0 Å². The summed E-state index contributed by atoms with van der Waals surface area (Å²) in [7, 11) is 0. The molecule has 0 unspecified atom stereocenters. The normalized spacial score (nSPS) is 10.5. The van der Waals surface area contributed by atoms with Crippen LogP contribution in [-0.2, 0) is 4.79 Å². The maximum Gasteiger partial charge on any atom is 0.246 e. The van der Waals surface area contributed by atoms with Gasteiger partial charge in [-0.1, -0.05) is 30.3 Å². The minimum absolute atomic E-state index is 0.0730. The molecule has 1 rings (SSSR count). The Morgan fingerprint density at radius 3 is 2.33 bits per heavy atom. The third-order valence-corrected chi connectivity index (χ3v) is 2.29. The van der Waals surface area contributed by atoms with Gasteiger partial charge in [0.05, 0.1) is 0 Å². The van der Waals surface area contributed by atoms with Crippen molar-refractivity contribution in [1.82, 2.24) is 4.90 Å². The van der Waals surface area contributed by atoms with Crippen molar-refractivity contribution >= 4 is 12.0 Å². The summed E-state index contributed by atoms with van der Waals surface area (Å²) in [6.45, 7) is 5.48. The van der Waals surface area contributed by atoms with Crippen LogP contribution in [0.2, 0.25) is 0 Å². The zero-order valence-electron chi connectivity index (χ0n) is 9.31. The number of carbonyl (C=O) groups excluding carboxylic acids is 1. The average molecular weight is 203 g/mol. The van der Waals surface area contributed by atoms with Crippen LogP contribution in [0.3, 0.4) is 0 Å². The van der Waals surface area contributed by atoms with Gasteiger partial charge in [0.15, 0.2) is 0 Å². The maximum absolute atomic E-state index is 11.6. The number of amides is 1. The summed E-state index contributed by atoms with van der Waals surface area (Å²) in [6, 6.07) is 9.84. The molecule has 0 fully saturated rings. The first-order valence-electron chi connectivity index (χ1n) is 5.30. The molecule has 0 aliphatic carbocycles. The second kappa shape index (κ2) is 6.02. The molecule has 0 radical (unpaired) electrons. The Balaban J connectivity index is 2.62. The van der Waals surface area contributed by atoms with Crippen LogP contribution < -0.4 is 0 Å². The first-order chi connectivity index (χ1) is 7.27. The van der Waals surface area contributed by atoms with Crippen molar-refractivity contribution in [3.63, 3.8) is 0 Å². The third-order valence-electron chi connectivity index (χ3n) is 2.29. The van der Waals surface area contributed by atoms with Crippen molar-refractivity contribution in [1.29, 1.82) is 0 Å². The monoisotopic (exact) mass is 203 g/mol. The Bertz CT molecular complexity index is 326. The molecular weight excluding hydrogens is 186 g/mol. The Hall–Kier alpha value is -1.57. The van der Waals surface area contributed by atoms with Gasteiger partial charge in [0, 0.05) is 19.2 Å². The molecule has 0 saturated carbocycles. The van der Waals surface area contributed by atoms with E-state index >= 15 is 0 Å². The average Bonchev–Trinajstić information content (AvgIpc) is 2.29. The molecule has 0 heterocycles.